The molecule has 4 rings (SSSR count). The highest BCUT2D eigenvalue weighted by atomic mass is 16.5. The second-order valence-electron chi connectivity index (χ2n) is 7.21. The van der Waals surface area contributed by atoms with Crippen molar-refractivity contribution in [3.05, 3.63) is 71.8 Å². The lowest BCUT2D eigenvalue weighted by atomic mass is 10.1. The first-order chi connectivity index (χ1) is 13.2. The molecule has 1 aromatic heterocycles. The molecule has 0 saturated heterocycles. The normalized spacial score (nSPS) is 11.2. The van der Waals surface area contributed by atoms with Crippen molar-refractivity contribution >= 4 is 27.5 Å². The summed E-state index contributed by atoms with van der Waals surface area (Å²) in [7, 11) is 1.70. The Morgan fingerprint density at radius 2 is 1.52 bits per heavy atom. The topological polar surface area (TPSA) is 26.2 Å². The molecule has 0 aliphatic heterocycles. The Hall–Kier alpha value is -2.94. The van der Waals surface area contributed by atoms with Gasteiger partial charge in [-0.05, 0) is 56.7 Å². The summed E-state index contributed by atoms with van der Waals surface area (Å²) in [6.07, 6.45) is 1.05. The quantitative estimate of drug-likeness (QED) is 0.433. The molecule has 0 aliphatic carbocycles. The largest absolute Gasteiger partial charge is 0.497 e. The number of aromatic nitrogens is 1. The van der Waals surface area contributed by atoms with Gasteiger partial charge in [0.2, 0.25) is 0 Å². The van der Waals surface area contributed by atoms with Gasteiger partial charge in [0.1, 0.15) is 5.75 Å². The van der Waals surface area contributed by atoms with Crippen molar-refractivity contribution in [2.45, 2.75) is 26.8 Å². The maximum absolute atomic E-state index is 5.29. The smallest absolute Gasteiger partial charge is 0.120 e. The van der Waals surface area contributed by atoms with Crippen molar-refractivity contribution in [2.24, 2.45) is 0 Å². The van der Waals surface area contributed by atoms with Gasteiger partial charge in [-0.15, -0.1) is 0 Å². The average Bonchev–Trinajstić information content (AvgIpc) is 2.97. The van der Waals surface area contributed by atoms with Crippen molar-refractivity contribution in [2.75, 3.05) is 19.0 Å². The number of hydrogen-bond donors (Lipinski definition) is 1. The Morgan fingerprint density at radius 3 is 2.15 bits per heavy atom. The molecule has 0 radical (unpaired) electrons. The predicted molar refractivity (Wildman–Crippen MR) is 115 cm³/mol. The highest BCUT2D eigenvalue weighted by Crippen LogP contribution is 2.30. The van der Waals surface area contributed by atoms with Gasteiger partial charge in [0.15, 0.2) is 0 Å². The monoisotopic (exact) mass is 358 g/mol. The first-order valence-electron chi connectivity index (χ1n) is 9.53. The van der Waals surface area contributed by atoms with E-state index in [1.807, 2.05) is 18.2 Å². The van der Waals surface area contributed by atoms with Gasteiger partial charge in [-0.1, -0.05) is 29.3 Å². The fraction of sp³-hybridized carbons (Fsp3) is 0.250. The van der Waals surface area contributed by atoms with Crippen LogP contribution in [0, 0.1) is 13.8 Å². The number of anilines is 1. The van der Waals surface area contributed by atoms with Crippen LogP contribution in [0.25, 0.3) is 21.8 Å². The molecule has 0 spiro atoms. The Kier molecular flexibility index (Phi) is 4.76. The van der Waals surface area contributed by atoms with Gasteiger partial charge in [-0.3, -0.25) is 0 Å². The van der Waals surface area contributed by atoms with Gasteiger partial charge in [-0.25, -0.2) is 0 Å². The van der Waals surface area contributed by atoms with Gasteiger partial charge in [0, 0.05) is 46.6 Å². The zero-order valence-corrected chi connectivity index (χ0v) is 16.3. The van der Waals surface area contributed by atoms with E-state index in [2.05, 4.69) is 66.2 Å². The van der Waals surface area contributed by atoms with Crippen molar-refractivity contribution in [1.29, 1.82) is 0 Å². The first kappa shape index (κ1) is 17.5. The molecule has 138 valence electrons. The van der Waals surface area contributed by atoms with E-state index in [-0.39, 0.29) is 0 Å². The van der Waals surface area contributed by atoms with Crippen LogP contribution in [0.1, 0.15) is 17.5 Å². The summed E-state index contributed by atoms with van der Waals surface area (Å²) in [6, 6.07) is 21.6. The van der Waals surface area contributed by atoms with E-state index < -0.39 is 0 Å². The second kappa shape index (κ2) is 7.36. The molecule has 3 aromatic carbocycles. The minimum absolute atomic E-state index is 0.883. The molecular formula is C24H26N2O. The van der Waals surface area contributed by atoms with Crippen LogP contribution in [0.3, 0.4) is 0 Å². The van der Waals surface area contributed by atoms with Crippen molar-refractivity contribution in [3.8, 4) is 5.75 Å². The maximum Gasteiger partial charge on any atom is 0.120 e. The standard InChI is InChI=1S/C24H26N2O/c1-17-8-10-23-21(14-17)22-15-18(2)9-11-24(22)26(23)13-5-12-25-19-6-4-7-20(16-19)27-3/h4,6-11,14-16,25H,5,12-13H2,1-3H3. The van der Waals surface area contributed by atoms with E-state index in [9.17, 15) is 0 Å². The number of hydrogen-bond acceptors (Lipinski definition) is 2. The Morgan fingerprint density at radius 1 is 0.852 bits per heavy atom. The lowest BCUT2D eigenvalue weighted by Gasteiger charge is -2.10. The Bertz CT molecular complexity index is 1040. The third-order valence-corrected chi connectivity index (χ3v) is 5.13. The summed E-state index contributed by atoms with van der Waals surface area (Å²) in [6.45, 7) is 6.24. The lowest BCUT2D eigenvalue weighted by molar-refractivity contribution is 0.415. The first-order valence-corrected chi connectivity index (χ1v) is 9.53. The van der Waals surface area contributed by atoms with Crippen molar-refractivity contribution < 1.29 is 4.74 Å². The third-order valence-electron chi connectivity index (χ3n) is 5.13. The number of rotatable bonds is 6. The molecule has 0 bridgehead atoms. The van der Waals surface area contributed by atoms with E-state index in [0.717, 1.165) is 30.9 Å². The molecule has 0 atom stereocenters. The SMILES string of the molecule is COc1cccc(NCCCn2c3ccc(C)cc3c3cc(C)ccc32)c1. The molecule has 0 fully saturated rings. The molecule has 1 heterocycles. The molecular weight excluding hydrogens is 332 g/mol. The number of nitrogens with one attached hydrogen (secondary N) is 1. The fourth-order valence-corrected chi connectivity index (χ4v) is 3.78. The van der Waals surface area contributed by atoms with Crippen LogP contribution in [0.4, 0.5) is 5.69 Å². The van der Waals surface area contributed by atoms with E-state index >= 15 is 0 Å². The van der Waals surface area contributed by atoms with Crippen LogP contribution < -0.4 is 10.1 Å². The molecule has 0 amide bonds. The second-order valence-corrected chi connectivity index (χ2v) is 7.21. The van der Waals surface area contributed by atoms with E-state index in [1.54, 1.807) is 7.11 Å². The molecule has 3 heteroatoms. The number of aryl methyl sites for hydroxylation is 3. The molecule has 4 aromatic rings. The summed E-state index contributed by atoms with van der Waals surface area (Å²) < 4.78 is 7.75. The van der Waals surface area contributed by atoms with Crippen LogP contribution in [-0.4, -0.2) is 18.2 Å². The molecule has 0 aliphatic rings. The molecule has 1 N–H and O–H groups in total. The number of ether oxygens (including phenoxy) is 1. The van der Waals surface area contributed by atoms with Crippen LogP contribution in [-0.2, 0) is 6.54 Å². The molecule has 0 saturated carbocycles. The fourth-order valence-electron chi connectivity index (χ4n) is 3.78. The predicted octanol–water partition coefficient (Wildman–Crippen LogP) is 5.92. The van der Waals surface area contributed by atoms with Gasteiger partial charge < -0.3 is 14.6 Å². The minimum Gasteiger partial charge on any atom is -0.497 e. The maximum atomic E-state index is 5.29. The number of fused-ring (bicyclic) bond motifs is 3. The minimum atomic E-state index is 0.883. The Balaban J connectivity index is 1.56. The Labute approximate surface area is 160 Å². The third kappa shape index (κ3) is 3.50. The van der Waals surface area contributed by atoms with Gasteiger partial charge in [0.05, 0.1) is 7.11 Å². The van der Waals surface area contributed by atoms with Crippen molar-refractivity contribution in [3.63, 3.8) is 0 Å². The van der Waals surface area contributed by atoms with Crippen LogP contribution in [0.15, 0.2) is 60.7 Å². The number of nitrogens with zero attached hydrogens (tertiary/aromatic N) is 1. The van der Waals surface area contributed by atoms with Crippen LogP contribution >= 0.6 is 0 Å². The lowest BCUT2D eigenvalue weighted by Crippen LogP contribution is -2.06. The molecule has 0 unspecified atom stereocenters. The number of methoxy groups -OCH3 is 1. The summed E-state index contributed by atoms with van der Waals surface area (Å²) in [4.78, 5) is 0. The van der Waals surface area contributed by atoms with E-state index in [0.29, 0.717) is 0 Å². The summed E-state index contributed by atoms with van der Waals surface area (Å²) in [5.41, 5.74) is 6.36. The van der Waals surface area contributed by atoms with Crippen LogP contribution in [0.5, 0.6) is 5.75 Å². The van der Waals surface area contributed by atoms with E-state index in [1.165, 1.54) is 32.9 Å². The highest BCUT2D eigenvalue weighted by Gasteiger charge is 2.10. The summed E-state index contributed by atoms with van der Waals surface area (Å²) >= 11 is 0. The number of benzene rings is 3. The van der Waals surface area contributed by atoms with Gasteiger partial charge >= 0.3 is 0 Å². The van der Waals surface area contributed by atoms with Crippen molar-refractivity contribution in [1.82, 2.24) is 4.57 Å². The zero-order valence-electron chi connectivity index (χ0n) is 16.3. The van der Waals surface area contributed by atoms with Crippen LogP contribution in [0.2, 0.25) is 0 Å². The van der Waals surface area contributed by atoms with E-state index in [4.69, 9.17) is 4.74 Å². The highest BCUT2D eigenvalue weighted by molar-refractivity contribution is 6.08. The average molecular weight is 358 g/mol. The van der Waals surface area contributed by atoms with Gasteiger partial charge in [-0.2, -0.15) is 0 Å². The molecule has 3 nitrogen and oxygen atoms in total. The summed E-state index contributed by atoms with van der Waals surface area (Å²) in [5, 5.41) is 6.21. The van der Waals surface area contributed by atoms with Gasteiger partial charge in [0.25, 0.3) is 0 Å². The zero-order chi connectivity index (χ0) is 18.8. The summed E-state index contributed by atoms with van der Waals surface area (Å²) in [5.74, 6) is 0.883. The molecule has 27 heavy (non-hydrogen) atoms.